The van der Waals surface area contributed by atoms with Gasteiger partial charge < -0.3 is 14.3 Å². The molecular formula is C33H31ClN2O6S. The Balaban J connectivity index is 1.66. The third-order valence-electron chi connectivity index (χ3n) is 7.19. The van der Waals surface area contributed by atoms with Crippen LogP contribution in [0.4, 0.5) is 0 Å². The fraction of sp³-hybridized carbons (Fsp3) is 0.273. The number of halogens is 1. The third kappa shape index (κ3) is 6.00. The van der Waals surface area contributed by atoms with Crippen molar-refractivity contribution in [2.24, 2.45) is 4.99 Å². The number of thiazole rings is 1. The number of fused-ring (bicyclic) bond motifs is 1. The number of carbonyl (C=O) groups is 2. The molecule has 222 valence electrons. The summed E-state index contributed by atoms with van der Waals surface area (Å²) in [6.45, 7) is 8.18. The molecule has 10 heteroatoms. The van der Waals surface area contributed by atoms with E-state index in [9.17, 15) is 19.5 Å². The Hall–Kier alpha value is -4.21. The fourth-order valence-corrected chi connectivity index (χ4v) is 6.26. The van der Waals surface area contributed by atoms with Gasteiger partial charge in [-0.2, -0.15) is 0 Å². The number of allylic oxidation sites excluding steroid dienone is 1. The van der Waals surface area contributed by atoms with Crippen molar-refractivity contribution in [3.63, 3.8) is 0 Å². The number of aromatic carboxylic acids is 1. The summed E-state index contributed by atoms with van der Waals surface area (Å²) in [7, 11) is 0. The number of rotatable bonds is 9. The van der Waals surface area contributed by atoms with Crippen LogP contribution in [-0.4, -0.2) is 28.2 Å². The molecule has 0 fully saturated rings. The Kier molecular flexibility index (Phi) is 8.84. The van der Waals surface area contributed by atoms with Crippen LogP contribution in [0.1, 0.15) is 79.7 Å². The van der Waals surface area contributed by atoms with Crippen LogP contribution in [-0.2, 0) is 9.53 Å². The number of ether oxygens (including phenoxy) is 1. The summed E-state index contributed by atoms with van der Waals surface area (Å²) >= 11 is 7.54. The van der Waals surface area contributed by atoms with E-state index in [1.807, 2.05) is 31.2 Å². The van der Waals surface area contributed by atoms with Crippen molar-refractivity contribution in [3.05, 3.63) is 113 Å². The van der Waals surface area contributed by atoms with Crippen LogP contribution >= 0.6 is 22.9 Å². The lowest BCUT2D eigenvalue weighted by Crippen LogP contribution is -2.40. The van der Waals surface area contributed by atoms with E-state index in [1.54, 1.807) is 29.7 Å². The van der Waals surface area contributed by atoms with E-state index in [0.29, 0.717) is 55.0 Å². The molecule has 0 bridgehead atoms. The largest absolute Gasteiger partial charge is 0.478 e. The van der Waals surface area contributed by atoms with Crippen molar-refractivity contribution in [2.75, 3.05) is 6.61 Å². The fourth-order valence-electron chi connectivity index (χ4n) is 5.05. The van der Waals surface area contributed by atoms with E-state index in [4.69, 9.17) is 25.7 Å². The van der Waals surface area contributed by atoms with Crippen LogP contribution in [0.25, 0.3) is 17.4 Å². The van der Waals surface area contributed by atoms with Crippen LogP contribution in [0.2, 0.25) is 5.02 Å². The minimum atomic E-state index is -1.08. The van der Waals surface area contributed by atoms with Crippen LogP contribution in [0, 0.1) is 0 Å². The van der Waals surface area contributed by atoms with Gasteiger partial charge in [-0.25, -0.2) is 14.6 Å². The van der Waals surface area contributed by atoms with Gasteiger partial charge in [-0.05, 0) is 60.7 Å². The molecule has 1 atom stereocenters. The van der Waals surface area contributed by atoms with Gasteiger partial charge in [-0.3, -0.25) is 9.36 Å². The summed E-state index contributed by atoms with van der Waals surface area (Å²) in [4.78, 5) is 44.1. The Bertz CT molecular complexity index is 1910. The Labute approximate surface area is 257 Å². The van der Waals surface area contributed by atoms with Gasteiger partial charge in [0.25, 0.3) is 5.56 Å². The lowest BCUT2D eigenvalue weighted by atomic mass is 9.92. The highest BCUT2D eigenvalue weighted by Gasteiger charge is 2.34. The van der Waals surface area contributed by atoms with Gasteiger partial charge in [0, 0.05) is 11.6 Å². The van der Waals surface area contributed by atoms with E-state index in [0.717, 1.165) is 17.5 Å². The molecule has 2 aromatic carbocycles. The zero-order valence-corrected chi connectivity index (χ0v) is 25.8. The number of hydrogen-bond acceptors (Lipinski definition) is 7. The molecular weight excluding hydrogens is 588 g/mol. The number of nitrogens with zero attached hydrogens (tertiary/aromatic N) is 2. The lowest BCUT2D eigenvalue weighted by Gasteiger charge is -2.26. The van der Waals surface area contributed by atoms with E-state index in [1.165, 1.54) is 29.5 Å². The molecule has 0 unspecified atom stereocenters. The maximum atomic E-state index is 14.0. The molecule has 0 saturated carbocycles. The van der Waals surface area contributed by atoms with Crippen molar-refractivity contribution in [3.8, 4) is 11.3 Å². The average Bonchev–Trinajstić information content (AvgIpc) is 3.56. The SMILES string of the molecule is CCCC1=C(C(=O)OCC)[C@H](c2ccc(C(C)C)cc2)n2c(s/c(=C\c3ccc(-c4cc(C(=O)O)ccc4Cl)o3)c2=O)=N1. The zero-order valence-electron chi connectivity index (χ0n) is 24.2. The van der Waals surface area contributed by atoms with Crippen molar-refractivity contribution < 1.29 is 23.8 Å². The molecule has 1 aliphatic heterocycles. The lowest BCUT2D eigenvalue weighted by molar-refractivity contribution is -0.139. The molecule has 4 aromatic rings. The van der Waals surface area contributed by atoms with E-state index >= 15 is 0 Å². The molecule has 0 spiro atoms. The summed E-state index contributed by atoms with van der Waals surface area (Å²) in [6, 6.07) is 15.0. The minimum Gasteiger partial charge on any atom is -0.478 e. The van der Waals surface area contributed by atoms with E-state index < -0.39 is 18.0 Å². The first-order valence-corrected chi connectivity index (χ1v) is 15.3. The molecule has 0 radical (unpaired) electrons. The minimum absolute atomic E-state index is 0.0763. The van der Waals surface area contributed by atoms with Crippen LogP contribution < -0.4 is 14.9 Å². The molecule has 1 N–H and O–H groups in total. The van der Waals surface area contributed by atoms with E-state index in [2.05, 4.69) is 13.8 Å². The predicted molar refractivity (Wildman–Crippen MR) is 166 cm³/mol. The van der Waals surface area contributed by atoms with Crippen LogP contribution in [0.5, 0.6) is 0 Å². The van der Waals surface area contributed by atoms with Crippen molar-refractivity contribution in [1.82, 2.24) is 4.57 Å². The number of carboxylic acid groups (broad SMARTS) is 1. The van der Waals surface area contributed by atoms with E-state index in [-0.39, 0.29) is 17.7 Å². The van der Waals surface area contributed by atoms with Crippen LogP contribution in [0.15, 0.2) is 80.1 Å². The van der Waals surface area contributed by atoms with Gasteiger partial charge in [0.2, 0.25) is 0 Å². The number of aromatic nitrogens is 1. The standard InChI is InChI=1S/C33H31ClN2O6S/c1-5-7-25-28(32(40)41-6-2)29(20-10-8-19(9-11-20)18(3)4)36-30(37)27(43-33(36)35-25)17-22-13-15-26(42-22)23-16-21(31(38)39)12-14-24(23)34/h8-18,29H,5-7H2,1-4H3,(H,38,39)/b27-17-/t29-/m0/s1. The molecule has 0 aliphatic carbocycles. The molecule has 0 amide bonds. The Morgan fingerprint density at radius 1 is 1.14 bits per heavy atom. The quantitative estimate of drug-likeness (QED) is 0.220. The Morgan fingerprint density at radius 2 is 1.88 bits per heavy atom. The molecule has 3 heterocycles. The molecule has 1 aliphatic rings. The summed E-state index contributed by atoms with van der Waals surface area (Å²) in [5, 5.41) is 9.71. The van der Waals surface area contributed by atoms with Gasteiger partial charge in [-0.15, -0.1) is 0 Å². The van der Waals surface area contributed by atoms with Gasteiger partial charge >= 0.3 is 11.9 Å². The second-order valence-electron chi connectivity index (χ2n) is 10.4. The summed E-state index contributed by atoms with van der Waals surface area (Å²) < 4.78 is 13.4. The highest BCUT2D eigenvalue weighted by molar-refractivity contribution is 7.07. The van der Waals surface area contributed by atoms with Gasteiger partial charge in [0.1, 0.15) is 11.5 Å². The highest BCUT2D eigenvalue weighted by atomic mass is 35.5. The van der Waals surface area contributed by atoms with Gasteiger partial charge in [0.15, 0.2) is 4.80 Å². The summed E-state index contributed by atoms with van der Waals surface area (Å²) in [5.41, 5.74) is 3.10. The topological polar surface area (TPSA) is 111 Å². The number of esters is 1. The number of furan rings is 1. The summed E-state index contributed by atoms with van der Waals surface area (Å²) in [6.07, 6.45) is 2.93. The predicted octanol–water partition coefficient (Wildman–Crippen LogP) is 6.31. The number of carbonyl (C=O) groups excluding carboxylic acids is 1. The zero-order chi connectivity index (χ0) is 30.8. The third-order valence-corrected chi connectivity index (χ3v) is 8.50. The van der Waals surface area contributed by atoms with Crippen molar-refractivity contribution in [1.29, 1.82) is 0 Å². The second kappa shape index (κ2) is 12.6. The normalized spacial score (nSPS) is 15.0. The number of benzene rings is 2. The highest BCUT2D eigenvalue weighted by Crippen LogP contribution is 2.34. The van der Waals surface area contributed by atoms with Gasteiger partial charge in [-0.1, -0.05) is 74.4 Å². The Morgan fingerprint density at radius 3 is 2.53 bits per heavy atom. The molecule has 8 nitrogen and oxygen atoms in total. The van der Waals surface area contributed by atoms with Crippen molar-refractivity contribution in [2.45, 2.75) is 52.5 Å². The van der Waals surface area contributed by atoms with Gasteiger partial charge in [0.05, 0.1) is 39.0 Å². The van der Waals surface area contributed by atoms with Crippen LogP contribution in [0.3, 0.4) is 0 Å². The average molecular weight is 619 g/mol. The smallest absolute Gasteiger partial charge is 0.338 e. The first-order chi connectivity index (χ1) is 20.6. The summed E-state index contributed by atoms with van der Waals surface area (Å²) in [5.74, 6) is -0.494. The van der Waals surface area contributed by atoms with Crippen molar-refractivity contribution >= 4 is 41.0 Å². The maximum absolute atomic E-state index is 14.0. The second-order valence-corrected chi connectivity index (χ2v) is 11.9. The molecule has 2 aromatic heterocycles. The first-order valence-electron chi connectivity index (χ1n) is 14.1. The number of carboxylic acids is 1. The maximum Gasteiger partial charge on any atom is 0.338 e. The molecule has 5 rings (SSSR count). The number of hydrogen-bond donors (Lipinski definition) is 1. The molecule has 0 saturated heterocycles. The first kappa shape index (κ1) is 30.3. The molecule has 43 heavy (non-hydrogen) atoms. The monoisotopic (exact) mass is 618 g/mol.